The fraction of sp³-hybridized carbons (Fsp3) is 0.0625. The Balaban J connectivity index is 2.01. The molecule has 0 aliphatic heterocycles. The van der Waals surface area contributed by atoms with E-state index in [9.17, 15) is 4.79 Å². The summed E-state index contributed by atoms with van der Waals surface area (Å²) in [4.78, 5) is 17.6. The Morgan fingerprint density at radius 1 is 0.950 bits per heavy atom. The third-order valence-corrected chi connectivity index (χ3v) is 3.37. The van der Waals surface area contributed by atoms with Gasteiger partial charge in [-0.3, -0.25) is 4.79 Å². The molecule has 0 amide bonds. The molecule has 0 aliphatic carbocycles. The molecule has 0 atom stereocenters. The topological polar surface area (TPSA) is 31.2 Å². The standard InChI is InChI=1S/C16H12ClNO2/c17-14-7-4-8-15-13(14)9-10-16(19)18(15)20-11-12-5-2-1-3-6-12/h1-10H,11H2. The van der Waals surface area contributed by atoms with Crippen LogP contribution in [0.1, 0.15) is 5.56 Å². The van der Waals surface area contributed by atoms with Crippen molar-refractivity contribution in [2.45, 2.75) is 6.61 Å². The summed E-state index contributed by atoms with van der Waals surface area (Å²) >= 11 is 6.13. The lowest BCUT2D eigenvalue weighted by atomic mass is 10.2. The van der Waals surface area contributed by atoms with Crippen LogP contribution in [-0.4, -0.2) is 4.73 Å². The number of rotatable bonds is 3. The first-order valence-electron chi connectivity index (χ1n) is 6.23. The van der Waals surface area contributed by atoms with E-state index in [4.69, 9.17) is 16.4 Å². The summed E-state index contributed by atoms with van der Waals surface area (Å²) in [6.45, 7) is 0.326. The summed E-state index contributed by atoms with van der Waals surface area (Å²) in [5.41, 5.74) is 1.45. The molecule has 1 aromatic heterocycles. The lowest BCUT2D eigenvalue weighted by molar-refractivity contribution is 0.0993. The van der Waals surface area contributed by atoms with Crippen LogP contribution >= 0.6 is 11.6 Å². The number of benzene rings is 2. The zero-order chi connectivity index (χ0) is 13.9. The zero-order valence-electron chi connectivity index (χ0n) is 10.6. The first-order valence-corrected chi connectivity index (χ1v) is 6.61. The average Bonchev–Trinajstić information content (AvgIpc) is 2.47. The van der Waals surface area contributed by atoms with Crippen molar-refractivity contribution < 1.29 is 4.84 Å². The lowest BCUT2D eigenvalue weighted by Gasteiger charge is -2.12. The van der Waals surface area contributed by atoms with Crippen molar-refractivity contribution in [3.05, 3.63) is 81.6 Å². The fourth-order valence-electron chi connectivity index (χ4n) is 2.06. The second-order valence-electron chi connectivity index (χ2n) is 4.40. The molecular formula is C16H12ClNO2. The first-order chi connectivity index (χ1) is 9.75. The second-order valence-corrected chi connectivity index (χ2v) is 4.80. The van der Waals surface area contributed by atoms with E-state index in [1.807, 2.05) is 36.4 Å². The summed E-state index contributed by atoms with van der Waals surface area (Å²) in [6, 6.07) is 18.3. The summed E-state index contributed by atoms with van der Waals surface area (Å²) in [7, 11) is 0. The maximum Gasteiger partial charge on any atom is 0.283 e. The minimum absolute atomic E-state index is 0.212. The highest BCUT2D eigenvalue weighted by atomic mass is 35.5. The minimum Gasteiger partial charge on any atom is -0.405 e. The average molecular weight is 286 g/mol. The molecule has 0 fully saturated rings. The SMILES string of the molecule is O=c1ccc2c(Cl)cccc2n1OCc1ccccc1. The highest BCUT2D eigenvalue weighted by Gasteiger charge is 2.06. The highest BCUT2D eigenvalue weighted by molar-refractivity contribution is 6.35. The minimum atomic E-state index is -0.212. The summed E-state index contributed by atoms with van der Waals surface area (Å²) in [5.74, 6) is 0. The van der Waals surface area contributed by atoms with Gasteiger partial charge in [-0.25, -0.2) is 0 Å². The third-order valence-electron chi connectivity index (χ3n) is 3.04. The van der Waals surface area contributed by atoms with Gasteiger partial charge in [0.1, 0.15) is 6.61 Å². The molecule has 0 saturated carbocycles. The van der Waals surface area contributed by atoms with Gasteiger partial charge in [0.15, 0.2) is 0 Å². The Labute approximate surface area is 120 Å². The van der Waals surface area contributed by atoms with Gasteiger partial charge in [0.25, 0.3) is 5.56 Å². The Kier molecular flexibility index (Phi) is 3.44. The van der Waals surface area contributed by atoms with E-state index < -0.39 is 0 Å². The molecule has 2 aromatic carbocycles. The van der Waals surface area contributed by atoms with Gasteiger partial charge in [-0.2, -0.15) is 0 Å². The number of aromatic nitrogens is 1. The van der Waals surface area contributed by atoms with Crippen molar-refractivity contribution in [2.75, 3.05) is 0 Å². The van der Waals surface area contributed by atoms with Crippen molar-refractivity contribution in [1.82, 2.24) is 4.73 Å². The van der Waals surface area contributed by atoms with E-state index in [0.29, 0.717) is 17.1 Å². The van der Waals surface area contributed by atoms with E-state index in [1.165, 1.54) is 10.8 Å². The number of pyridine rings is 1. The Morgan fingerprint density at radius 3 is 2.55 bits per heavy atom. The first kappa shape index (κ1) is 12.8. The normalized spacial score (nSPS) is 10.7. The van der Waals surface area contributed by atoms with E-state index in [1.54, 1.807) is 18.2 Å². The molecule has 0 unspecified atom stereocenters. The van der Waals surface area contributed by atoms with Crippen LogP contribution in [0.15, 0.2) is 65.5 Å². The Bertz CT molecular complexity index is 796. The van der Waals surface area contributed by atoms with Crippen LogP contribution in [0.4, 0.5) is 0 Å². The van der Waals surface area contributed by atoms with Gasteiger partial charge in [-0.1, -0.05) is 48.0 Å². The van der Waals surface area contributed by atoms with Gasteiger partial charge in [-0.15, -0.1) is 4.73 Å². The number of hydrogen-bond acceptors (Lipinski definition) is 2. The molecule has 1 heterocycles. The maximum atomic E-state index is 12.0. The summed E-state index contributed by atoms with van der Waals surface area (Å²) < 4.78 is 1.29. The van der Waals surface area contributed by atoms with E-state index in [0.717, 1.165) is 10.9 Å². The van der Waals surface area contributed by atoms with Crippen molar-refractivity contribution in [2.24, 2.45) is 0 Å². The van der Waals surface area contributed by atoms with E-state index >= 15 is 0 Å². The predicted molar refractivity (Wildman–Crippen MR) is 79.9 cm³/mol. The molecule has 0 saturated heterocycles. The van der Waals surface area contributed by atoms with Crippen molar-refractivity contribution in [1.29, 1.82) is 0 Å². The van der Waals surface area contributed by atoms with Crippen LogP contribution in [0.25, 0.3) is 10.9 Å². The van der Waals surface area contributed by atoms with Crippen LogP contribution in [0.2, 0.25) is 5.02 Å². The molecule has 100 valence electrons. The summed E-state index contributed by atoms with van der Waals surface area (Å²) in [5, 5.41) is 1.39. The lowest BCUT2D eigenvalue weighted by Crippen LogP contribution is -2.26. The van der Waals surface area contributed by atoms with E-state index in [-0.39, 0.29) is 5.56 Å². The second kappa shape index (κ2) is 5.39. The number of halogens is 1. The van der Waals surface area contributed by atoms with Gasteiger partial charge in [0.05, 0.1) is 10.5 Å². The maximum absolute atomic E-state index is 12.0. The molecule has 0 aliphatic rings. The predicted octanol–water partition coefficient (Wildman–Crippen LogP) is 3.28. The largest absolute Gasteiger partial charge is 0.405 e. The van der Waals surface area contributed by atoms with Crippen molar-refractivity contribution in [3.8, 4) is 0 Å². The van der Waals surface area contributed by atoms with E-state index in [2.05, 4.69) is 0 Å². The van der Waals surface area contributed by atoms with Gasteiger partial charge in [0, 0.05) is 11.5 Å². The Morgan fingerprint density at radius 2 is 1.75 bits per heavy atom. The van der Waals surface area contributed by atoms with Crippen LogP contribution in [-0.2, 0) is 6.61 Å². The molecule has 4 heteroatoms. The molecule has 0 spiro atoms. The van der Waals surface area contributed by atoms with Crippen LogP contribution < -0.4 is 10.4 Å². The van der Waals surface area contributed by atoms with Crippen LogP contribution in [0.3, 0.4) is 0 Å². The van der Waals surface area contributed by atoms with Crippen molar-refractivity contribution in [3.63, 3.8) is 0 Å². The molecule has 0 bridgehead atoms. The van der Waals surface area contributed by atoms with Gasteiger partial charge in [0.2, 0.25) is 0 Å². The fourth-order valence-corrected chi connectivity index (χ4v) is 2.29. The monoisotopic (exact) mass is 285 g/mol. The van der Waals surface area contributed by atoms with Gasteiger partial charge >= 0.3 is 0 Å². The molecular weight excluding hydrogens is 274 g/mol. The molecule has 3 nitrogen and oxygen atoms in total. The van der Waals surface area contributed by atoms with Gasteiger partial charge in [-0.05, 0) is 23.8 Å². The van der Waals surface area contributed by atoms with Crippen LogP contribution in [0, 0.1) is 0 Å². The Hall–Kier alpha value is -2.26. The summed E-state index contributed by atoms with van der Waals surface area (Å²) in [6.07, 6.45) is 0. The number of nitrogens with zero attached hydrogens (tertiary/aromatic N) is 1. The molecule has 0 radical (unpaired) electrons. The highest BCUT2D eigenvalue weighted by Crippen LogP contribution is 2.21. The molecule has 3 aromatic rings. The molecule has 20 heavy (non-hydrogen) atoms. The number of hydrogen-bond donors (Lipinski definition) is 0. The smallest absolute Gasteiger partial charge is 0.283 e. The van der Waals surface area contributed by atoms with Crippen LogP contribution in [0.5, 0.6) is 0 Å². The van der Waals surface area contributed by atoms with Crippen molar-refractivity contribution >= 4 is 22.5 Å². The molecule has 3 rings (SSSR count). The van der Waals surface area contributed by atoms with Gasteiger partial charge < -0.3 is 4.84 Å². The zero-order valence-corrected chi connectivity index (χ0v) is 11.4. The number of fused-ring (bicyclic) bond motifs is 1. The molecule has 0 N–H and O–H groups in total. The quantitative estimate of drug-likeness (QED) is 0.739. The third kappa shape index (κ3) is 2.40.